The van der Waals surface area contributed by atoms with Gasteiger partial charge >= 0.3 is 6.03 Å². The Labute approximate surface area is 103 Å². The third-order valence-electron chi connectivity index (χ3n) is 2.01. The molecule has 92 valence electrons. The number of halogens is 1. The molecule has 1 aromatic rings. The molecule has 0 aliphatic heterocycles. The van der Waals surface area contributed by atoms with Crippen LogP contribution >= 0.6 is 11.6 Å². The van der Waals surface area contributed by atoms with Gasteiger partial charge in [-0.2, -0.15) is 5.10 Å². The van der Waals surface area contributed by atoms with Crippen molar-refractivity contribution in [3.63, 3.8) is 0 Å². The first-order chi connectivity index (χ1) is 7.95. The highest BCUT2D eigenvalue weighted by molar-refractivity contribution is 6.32. The smallest absolute Gasteiger partial charge is 0.332 e. The van der Waals surface area contributed by atoms with Crippen molar-refractivity contribution in [2.45, 2.75) is 13.3 Å². The maximum atomic E-state index is 10.5. The highest BCUT2D eigenvalue weighted by Gasteiger charge is 2.12. The van der Waals surface area contributed by atoms with Crippen LogP contribution < -0.4 is 11.2 Å². The summed E-state index contributed by atoms with van der Waals surface area (Å²) < 4.78 is 0. The molecule has 1 aromatic carbocycles. The number of hydrogen-bond acceptors (Lipinski definition) is 4. The Hall–Kier alpha value is -1.95. The number of rotatable bonds is 3. The number of carbonyl (C=O) groups is 1. The number of urea groups is 1. The molecule has 0 aliphatic rings. The van der Waals surface area contributed by atoms with Gasteiger partial charge in [-0.15, -0.1) is 0 Å². The van der Waals surface area contributed by atoms with Crippen LogP contribution in [0.5, 0.6) is 11.5 Å². The second kappa shape index (κ2) is 5.40. The van der Waals surface area contributed by atoms with Crippen LogP contribution in [-0.2, 0) is 0 Å². The molecule has 6 nitrogen and oxygen atoms in total. The maximum absolute atomic E-state index is 10.5. The summed E-state index contributed by atoms with van der Waals surface area (Å²) in [6.07, 6.45) is 0.439. The Morgan fingerprint density at radius 3 is 2.65 bits per heavy atom. The molecule has 0 saturated heterocycles. The average molecular weight is 258 g/mol. The molecular formula is C10H12ClN3O3. The number of benzene rings is 1. The van der Waals surface area contributed by atoms with Crippen LogP contribution in [0.2, 0.25) is 5.02 Å². The normalized spacial score (nSPS) is 11.3. The van der Waals surface area contributed by atoms with Crippen LogP contribution in [0.4, 0.5) is 4.79 Å². The van der Waals surface area contributed by atoms with Crippen molar-refractivity contribution in [3.8, 4) is 11.5 Å². The van der Waals surface area contributed by atoms with Crippen molar-refractivity contribution in [2.24, 2.45) is 10.8 Å². The lowest BCUT2D eigenvalue weighted by molar-refractivity contribution is 0.249. The van der Waals surface area contributed by atoms with Crippen molar-refractivity contribution < 1.29 is 15.0 Å². The standard InChI is InChI=1S/C10H12ClN3O3/c1-2-7(13-14-10(12)17)5-3-6(11)9(16)4-8(5)15/h3-4,15-16H,2H2,1H3,(H3,12,14,17)/b13-7+. The fraction of sp³-hybridized carbons (Fsp3) is 0.200. The van der Waals surface area contributed by atoms with E-state index in [2.05, 4.69) is 10.5 Å². The molecule has 0 radical (unpaired) electrons. The van der Waals surface area contributed by atoms with E-state index in [1.54, 1.807) is 6.92 Å². The molecular weight excluding hydrogens is 246 g/mol. The summed E-state index contributed by atoms with van der Waals surface area (Å²) in [5.41, 5.74) is 7.66. The number of carbonyl (C=O) groups excluding carboxylic acids is 1. The molecule has 0 spiro atoms. The average Bonchev–Trinajstić information content (AvgIpc) is 2.25. The summed E-state index contributed by atoms with van der Waals surface area (Å²) in [6.45, 7) is 1.78. The zero-order valence-electron chi connectivity index (χ0n) is 9.07. The number of nitrogens with two attached hydrogens (primary N) is 1. The molecule has 0 unspecified atom stereocenters. The monoisotopic (exact) mass is 257 g/mol. The number of hydrogen-bond donors (Lipinski definition) is 4. The molecule has 2 amide bonds. The third kappa shape index (κ3) is 3.25. The first-order valence-electron chi connectivity index (χ1n) is 4.79. The summed E-state index contributed by atoms with van der Waals surface area (Å²) in [5, 5.41) is 22.7. The Morgan fingerprint density at radius 2 is 2.12 bits per heavy atom. The second-order valence-corrected chi connectivity index (χ2v) is 3.62. The molecule has 17 heavy (non-hydrogen) atoms. The summed E-state index contributed by atoms with van der Waals surface area (Å²) in [5.74, 6) is -0.412. The van der Waals surface area contributed by atoms with Gasteiger partial charge < -0.3 is 15.9 Å². The lowest BCUT2D eigenvalue weighted by atomic mass is 10.1. The number of phenolic OH excluding ortho intramolecular Hbond substituents is 2. The number of primary amides is 1. The van der Waals surface area contributed by atoms with E-state index in [1.165, 1.54) is 6.07 Å². The van der Waals surface area contributed by atoms with Gasteiger partial charge in [0.05, 0.1) is 10.7 Å². The van der Waals surface area contributed by atoms with E-state index < -0.39 is 6.03 Å². The molecule has 0 aromatic heterocycles. The molecule has 0 aliphatic carbocycles. The Kier molecular flexibility index (Phi) is 4.17. The zero-order valence-corrected chi connectivity index (χ0v) is 9.82. The topological polar surface area (TPSA) is 108 Å². The number of phenols is 2. The maximum Gasteiger partial charge on any atom is 0.332 e. The number of aromatic hydroxyl groups is 2. The summed E-state index contributed by atoms with van der Waals surface area (Å²) in [7, 11) is 0. The van der Waals surface area contributed by atoms with Crippen molar-refractivity contribution in [1.29, 1.82) is 0 Å². The van der Waals surface area contributed by atoms with Gasteiger partial charge in [0, 0.05) is 11.6 Å². The van der Waals surface area contributed by atoms with E-state index in [0.717, 1.165) is 6.07 Å². The van der Waals surface area contributed by atoms with E-state index in [9.17, 15) is 15.0 Å². The molecule has 0 atom stereocenters. The van der Waals surface area contributed by atoms with Gasteiger partial charge in [-0.05, 0) is 12.5 Å². The zero-order chi connectivity index (χ0) is 13.0. The molecule has 0 fully saturated rings. The van der Waals surface area contributed by atoms with Crippen molar-refractivity contribution in [3.05, 3.63) is 22.7 Å². The number of nitrogens with zero attached hydrogens (tertiary/aromatic N) is 1. The summed E-state index contributed by atoms with van der Waals surface area (Å²) in [6, 6.07) is 1.66. The van der Waals surface area contributed by atoms with Gasteiger partial charge in [-0.25, -0.2) is 10.2 Å². The molecule has 1 rings (SSSR count). The lowest BCUT2D eigenvalue weighted by Crippen LogP contribution is -2.25. The van der Waals surface area contributed by atoms with Crippen LogP contribution in [0.15, 0.2) is 17.2 Å². The highest BCUT2D eigenvalue weighted by atomic mass is 35.5. The van der Waals surface area contributed by atoms with Crippen molar-refractivity contribution in [1.82, 2.24) is 5.43 Å². The van der Waals surface area contributed by atoms with E-state index in [1.807, 2.05) is 0 Å². The van der Waals surface area contributed by atoms with Gasteiger partial charge in [0.25, 0.3) is 0 Å². The van der Waals surface area contributed by atoms with E-state index in [4.69, 9.17) is 17.3 Å². The predicted molar refractivity (Wildman–Crippen MR) is 64.3 cm³/mol. The number of nitrogens with one attached hydrogen (secondary N) is 1. The fourth-order valence-corrected chi connectivity index (χ4v) is 1.40. The van der Waals surface area contributed by atoms with Crippen molar-refractivity contribution >= 4 is 23.3 Å². The largest absolute Gasteiger partial charge is 0.507 e. The van der Waals surface area contributed by atoms with Gasteiger partial charge in [0.2, 0.25) is 0 Å². The van der Waals surface area contributed by atoms with Crippen molar-refractivity contribution in [2.75, 3.05) is 0 Å². The van der Waals surface area contributed by atoms with Gasteiger partial charge in [0.1, 0.15) is 11.5 Å². The van der Waals surface area contributed by atoms with E-state index >= 15 is 0 Å². The van der Waals surface area contributed by atoms with Crippen LogP contribution in [0.1, 0.15) is 18.9 Å². The van der Waals surface area contributed by atoms with Gasteiger partial charge in [0.15, 0.2) is 0 Å². The van der Waals surface area contributed by atoms with Crippen LogP contribution in [-0.4, -0.2) is 22.0 Å². The Balaban J connectivity index is 3.16. The molecule has 0 bridgehead atoms. The summed E-state index contributed by atoms with van der Waals surface area (Å²) in [4.78, 5) is 10.5. The lowest BCUT2D eigenvalue weighted by Gasteiger charge is -2.08. The third-order valence-corrected chi connectivity index (χ3v) is 2.31. The van der Waals surface area contributed by atoms with E-state index in [0.29, 0.717) is 17.7 Å². The Morgan fingerprint density at radius 1 is 1.47 bits per heavy atom. The molecule has 0 saturated carbocycles. The SMILES string of the molecule is CC/C(=N\NC(N)=O)c1cc(Cl)c(O)cc1O. The first-order valence-corrected chi connectivity index (χ1v) is 5.17. The molecule has 5 N–H and O–H groups in total. The van der Waals surface area contributed by atoms with Gasteiger partial charge in [-0.3, -0.25) is 0 Å². The van der Waals surface area contributed by atoms with Gasteiger partial charge in [-0.1, -0.05) is 18.5 Å². The highest BCUT2D eigenvalue weighted by Crippen LogP contribution is 2.31. The summed E-state index contributed by atoms with van der Waals surface area (Å²) >= 11 is 5.72. The van der Waals surface area contributed by atoms with Crippen LogP contribution in [0.25, 0.3) is 0 Å². The molecule has 0 heterocycles. The first kappa shape index (κ1) is 13.1. The number of amides is 2. The van der Waals surface area contributed by atoms with E-state index in [-0.39, 0.29) is 16.5 Å². The minimum absolute atomic E-state index is 0.0815. The minimum Gasteiger partial charge on any atom is -0.507 e. The Bertz CT molecular complexity index is 474. The van der Waals surface area contributed by atoms with Crippen LogP contribution in [0.3, 0.4) is 0 Å². The minimum atomic E-state index is -0.805. The number of hydrazone groups is 1. The van der Waals surface area contributed by atoms with Crippen LogP contribution in [0, 0.1) is 0 Å². The predicted octanol–water partition coefficient (Wildman–Crippen LogP) is 1.53. The second-order valence-electron chi connectivity index (χ2n) is 3.21. The quantitative estimate of drug-likeness (QED) is 0.487. The fourth-order valence-electron chi connectivity index (χ4n) is 1.23. The molecule has 7 heteroatoms.